The largest absolute Gasteiger partial charge is 0.504 e. The van der Waals surface area contributed by atoms with Crippen molar-refractivity contribution in [3.05, 3.63) is 71.8 Å². The molecule has 1 fully saturated rings. The lowest BCUT2D eigenvalue weighted by Crippen LogP contribution is -2.44. The van der Waals surface area contributed by atoms with Crippen LogP contribution in [0.5, 0.6) is 11.5 Å². The number of carbonyl (C=O) groups excluding carboxylic acids is 1. The zero-order chi connectivity index (χ0) is 22.0. The zero-order valence-corrected chi connectivity index (χ0v) is 18.4. The summed E-state index contributed by atoms with van der Waals surface area (Å²) in [6.45, 7) is 7.10. The van der Waals surface area contributed by atoms with Gasteiger partial charge in [-0.15, -0.1) is 6.58 Å². The van der Waals surface area contributed by atoms with Crippen LogP contribution in [-0.2, 0) is 12.8 Å². The maximum atomic E-state index is 12.6. The molecule has 0 spiro atoms. The summed E-state index contributed by atoms with van der Waals surface area (Å²) in [5.74, 6) is 1.08. The van der Waals surface area contributed by atoms with E-state index in [4.69, 9.17) is 4.74 Å². The number of hydrogen-bond donors (Lipinski definition) is 2. The van der Waals surface area contributed by atoms with Gasteiger partial charge in [0.25, 0.3) is 5.91 Å². The topological polar surface area (TPSA) is 61.8 Å². The van der Waals surface area contributed by atoms with Crippen molar-refractivity contribution in [2.75, 3.05) is 13.6 Å². The number of phenols is 1. The first-order chi connectivity index (χ1) is 15.0. The Kier molecular flexibility index (Phi) is 6.33. The number of fused-ring (bicyclic) bond motifs is 1. The van der Waals surface area contributed by atoms with Crippen LogP contribution < -0.4 is 10.1 Å². The third-order valence-corrected chi connectivity index (χ3v) is 6.80. The first kappa shape index (κ1) is 21.4. The summed E-state index contributed by atoms with van der Waals surface area (Å²) < 4.78 is 6.15. The molecule has 0 aromatic heterocycles. The fourth-order valence-corrected chi connectivity index (χ4v) is 4.92. The molecule has 164 valence electrons. The number of phenolic OH excluding ortho intramolecular Hbond substituents is 1. The minimum atomic E-state index is -0.214. The van der Waals surface area contributed by atoms with Crippen LogP contribution in [0.3, 0.4) is 0 Å². The van der Waals surface area contributed by atoms with Gasteiger partial charge in [-0.1, -0.05) is 30.3 Å². The standard InChI is InChI=1S/C26H32N2O3/c1-4-18-11-8-14-28(3)22(18)15-20-12-13-23(29)25-21(20)16-24(31-25)17(2)27-26(30)19-9-6-5-7-10-19/h4-7,9-10,12-13,17-18,22,24,29H,1,8,11,14-16H2,2-3H3,(H,27,30). The van der Waals surface area contributed by atoms with Crippen molar-refractivity contribution < 1.29 is 14.6 Å². The summed E-state index contributed by atoms with van der Waals surface area (Å²) >= 11 is 0. The van der Waals surface area contributed by atoms with Crippen LogP contribution in [0, 0.1) is 5.92 Å². The molecule has 4 rings (SSSR count). The van der Waals surface area contributed by atoms with Crippen molar-refractivity contribution in [2.24, 2.45) is 5.92 Å². The Morgan fingerprint density at radius 2 is 2.10 bits per heavy atom. The SMILES string of the molecule is C=CC1CCCN(C)C1Cc1ccc(O)c2c1CC(C(C)NC(=O)c1ccccc1)O2. The number of piperidine rings is 1. The van der Waals surface area contributed by atoms with Gasteiger partial charge in [-0.25, -0.2) is 0 Å². The number of carbonyl (C=O) groups is 1. The lowest BCUT2D eigenvalue weighted by atomic mass is 9.84. The van der Waals surface area contributed by atoms with E-state index in [1.807, 2.05) is 31.2 Å². The number of nitrogens with zero attached hydrogens (tertiary/aromatic N) is 1. The van der Waals surface area contributed by atoms with E-state index in [0.29, 0.717) is 29.7 Å². The third kappa shape index (κ3) is 4.47. The highest BCUT2D eigenvalue weighted by Crippen LogP contribution is 2.41. The summed E-state index contributed by atoms with van der Waals surface area (Å²) in [6, 6.07) is 13.2. The maximum Gasteiger partial charge on any atom is 0.251 e. The van der Waals surface area contributed by atoms with E-state index in [9.17, 15) is 9.90 Å². The lowest BCUT2D eigenvalue weighted by Gasteiger charge is -2.38. The molecule has 2 N–H and O–H groups in total. The van der Waals surface area contributed by atoms with Crippen molar-refractivity contribution in [3.63, 3.8) is 0 Å². The summed E-state index contributed by atoms with van der Waals surface area (Å²) in [6.07, 6.45) is 5.80. The van der Waals surface area contributed by atoms with Gasteiger partial charge >= 0.3 is 0 Å². The molecule has 2 aliphatic rings. The van der Waals surface area contributed by atoms with Crippen molar-refractivity contribution in [3.8, 4) is 11.5 Å². The van der Waals surface area contributed by atoms with Gasteiger partial charge in [0.2, 0.25) is 0 Å². The average Bonchev–Trinajstić information content (AvgIpc) is 3.24. The molecule has 1 amide bonds. The summed E-state index contributed by atoms with van der Waals surface area (Å²) in [4.78, 5) is 15.0. The minimum absolute atomic E-state index is 0.116. The lowest BCUT2D eigenvalue weighted by molar-refractivity contribution is 0.0896. The van der Waals surface area contributed by atoms with Crippen molar-refractivity contribution in [1.82, 2.24) is 10.2 Å². The number of ether oxygens (including phenoxy) is 1. The van der Waals surface area contributed by atoms with Crippen LogP contribution in [0.2, 0.25) is 0 Å². The van der Waals surface area contributed by atoms with Gasteiger partial charge in [0, 0.05) is 23.6 Å². The monoisotopic (exact) mass is 420 g/mol. The van der Waals surface area contributed by atoms with Crippen LogP contribution in [-0.4, -0.2) is 47.7 Å². The second-order valence-electron chi connectivity index (χ2n) is 8.83. The van der Waals surface area contributed by atoms with E-state index in [1.54, 1.807) is 18.2 Å². The number of aromatic hydroxyl groups is 1. The Labute approximate surface area is 184 Å². The van der Waals surface area contributed by atoms with Crippen molar-refractivity contribution in [1.29, 1.82) is 0 Å². The Balaban J connectivity index is 1.49. The van der Waals surface area contributed by atoms with Crippen LogP contribution in [0.25, 0.3) is 0 Å². The molecular formula is C26H32N2O3. The molecule has 5 nitrogen and oxygen atoms in total. The first-order valence-corrected chi connectivity index (χ1v) is 11.2. The highest BCUT2D eigenvalue weighted by Gasteiger charge is 2.34. The van der Waals surface area contributed by atoms with Crippen LogP contribution >= 0.6 is 0 Å². The number of nitrogens with one attached hydrogen (secondary N) is 1. The highest BCUT2D eigenvalue weighted by atomic mass is 16.5. The predicted octanol–water partition coefficient (Wildman–Crippen LogP) is 3.95. The van der Waals surface area contributed by atoms with E-state index < -0.39 is 0 Å². The second kappa shape index (κ2) is 9.15. The van der Waals surface area contributed by atoms with E-state index >= 15 is 0 Å². The maximum absolute atomic E-state index is 12.6. The molecule has 4 unspecified atom stereocenters. The van der Waals surface area contributed by atoms with Gasteiger partial charge in [0.1, 0.15) is 6.10 Å². The smallest absolute Gasteiger partial charge is 0.251 e. The molecule has 0 aliphatic carbocycles. The molecule has 2 aromatic carbocycles. The molecule has 2 aliphatic heterocycles. The summed E-state index contributed by atoms with van der Waals surface area (Å²) in [5.41, 5.74) is 2.90. The molecule has 2 aromatic rings. The second-order valence-corrected chi connectivity index (χ2v) is 8.83. The zero-order valence-electron chi connectivity index (χ0n) is 18.4. The van der Waals surface area contributed by atoms with Gasteiger partial charge in [-0.05, 0) is 69.5 Å². The van der Waals surface area contributed by atoms with Crippen molar-refractivity contribution in [2.45, 2.75) is 50.8 Å². The third-order valence-electron chi connectivity index (χ3n) is 6.80. The molecule has 4 atom stereocenters. The van der Waals surface area contributed by atoms with E-state index in [1.165, 1.54) is 18.4 Å². The van der Waals surface area contributed by atoms with E-state index in [2.05, 4.69) is 29.9 Å². The highest BCUT2D eigenvalue weighted by molar-refractivity contribution is 5.94. The molecule has 2 heterocycles. The van der Waals surface area contributed by atoms with Crippen LogP contribution in [0.4, 0.5) is 0 Å². The molecular weight excluding hydrogens is 388 g/mol. The normalized spacial score (nSPS) is 24.1. The molecule has 0 bridgehead atoms. The van der Waals surface area contributed by atoms with E-state index in [-0.39, 0.29) is 23.8 Å². The minimum Gasteiger partial charge on any atom is -0.504 e. The predicted molar refractivity (Wildman–Crippen MR) is 123 cm³/mol. The number of likely N-dealkylation sites (tertiary alicyclic amines) is 1. The number of amides is 1. The Bertz CT molecular complexity index is 943. The number of hydrogen-bond acceptors (Lipinski definition) is 4. The molecule has 31 heavy (non-hydrogen) atoms. The Morgan fingerprint density at radius 1 is 1.32 bits per heavy atom. The summed E-state index contributed by atoms with van der Waals surface area (Å²) in [5, 5.41) is 13.5. The van der Waals surface area contributed by atoms with Gasteiger partial charge in [-0.3, -0.25) is 4.79 Å². The fourth-order valence-electron chi connectivity index (χ4n) is 4.92. The van der Waals surface area contributed by atoms with Gasteiger partial charge in [0.15, 0.2) is 11.5 Å². The van der Waals surface area contributed by atoms with Crippen LogP contribution in [0.1, 0.15) is 41.3 Å². The van der Waals surface area contributed by atoms with Gasteiger partial charge in [0.05, 0.1) is 6.04 Å². The van der Waals surface area contributed by atoms with Gasteiger partial charge < -0.3 is 20.1 Å². The Hall–Kier alpha value is -2.79. The molecule has 0 radical (unpaired) electrons. The first-order valence-electron chi connectivity index (χ1n) is 11.2. The Morgan fingerprint density at radius 3 is 2.84 bits per heavy atom. The van der Waals surface area contributed by atoms with Crippen LogP contribution in [0.15, 0.2) is 55.1 Å². The molecule has 0 saturated carbocycles. The number of rotatable bonds is 6. The number of likely N-dealkylation sites (N-methyl/N-ethyl adjacent to an activating group) is 1. The van der Waals surface area contributed by atoms with E-state index in [0.717, 1.165) is 18.5 Å². The number of benzene rings is 2. The van der Waals surface area contributed by atoms with Crippen molar-refractivity contribution >= 4 is 5.91 Å². The average molecular weight is 421 g/mol. The molecule has 1 saturated heterocycles. The fraction of sp³-hybridized carbons (Fsp3) is 0.423. The quantitative estimate of drug-likeness (QED) is 0.695. The summed E-state index contributed by atoms with van der Waals surface area (Å²) in [7, 11) is 2.18. The van der Waals surface area contributed by atoms with Gasteiger partial charge in [-0.2, -0.15) is 0 Å². The molecule has 5 heteroatoms.